The van der Waals surface area contributed by atoms with Gasteiger partial charge in [-0.05, 0) is 42.7 Å². The van der Waals surface area contributed by atoms with Crippen LogP contribution in [0.1, 0.15) is 28.4 Å². The van der Waals surface area contributed by atoms with Crippen molar-refractivity contribution in [3.63, 3.8) is 0 Å². The van der Waals surface area contributed by atoms with Crippen molar-refractivity contribution in [1.29, 1.82) is 0 Å². The predicted molar refractivity (Wildman–Crippen MR) is 119 cm³/mol. The van der Waals surface area contributed by atoms with E-state index in [0.29, 0.717) is 57.9 Å². The third-order valence-corrected chi connectivity index (χ3v) is 7.75. The van der Waals surface area contributed by atoms with Gasteiger partial charge in [-0.15, -0.1) is 0 Å². The Labute approximate surface area is 188 Å². The van der Waals surface area contributed by atoms with Gasteiger partial charge in [0.2, 0.25) is 10.0 Å². The highest BCUT2D eigenvalue weighted by atomic mass is 32.2. The number of carbonyl (C=O) groups excluding carboxylic acids is 2. The van der Waals surface area contributed by atoms with Gasteiger partial charge in [-0.3, -0.25) is 4.79 Å². The molecule has 0 atom stereocenters. The number of fused-ring (bicyclic) bond motifs is 1. The Morgan fingerprint density at radius 2 is 1.59 bits per heavy atom. The topological polar surface area (TPSA) is 87.2 Å². The lowest BCUT2D eigenvalue weighted by atomic mass is 10.0. The molecule has 2 heterocycles. The number of hydrogen-bond acceptors (Lipinski definition) is 5. The SMILES string of the molecule is CCOC(=O)N1CCN(C(=O)c2cccc(S(=O)(=O)N3CCc4ccccc4C3)c2)CC1. The normalized spacial score (nSPS) is 17.0. The number of amides is 2. The zero-order valence-corrected chi connectivity index (χ0v) is 18.9. The molecule has 1 fully saturated rings. The standard InChI is InChI=1S/C23H27N3O5S/c1-2-31-23(28)25-14-12-24(13-15-25)22(27)19-8-5-9-21(16-19)32(29,30)26-11-10-18-6-3-4-7-20(18)17-26/h3-9,16H,2,10-15,17H2,1H3. The van der Waals surface area contributed by atoms with E-state index in [-0.39, 0.29) is 16.9 Å². The van der Waals surface area contributed by atoms with Crippen LogP contribution in [-0.2, 0) is 27.7 Å². The highest BCUT2D eigenvalue weighted by Crippen LogP contribution is 2.25. The van der Waals surface area contributed by atoms with Gasteiger partial charge in [0.15, 0.2) is 0 Å². The van der Waals surface area contributed by atoms with Crippen LogP contribution in [0.3, 0.4) is 0 Å². The number of sulfonamides is 1. The Bertz CT molecular complexity index is 1110. The van der Waals surface area contributed by atoms with Crippen LogP contribution in [-0.4, -0.2) is 73.9 Å². The van der Waals surface area contributed by atoms with E-state index in [1.165, 1.54) is 22.0 Å². The Morgan fingerprint density at radius 1 is 0.906 bits per heavy atom. The minimum Gasteiger partial charge on any atom is -0.450 e. The van der Waals surface area contributed by atoms with Gasteiger partial charge in [0, 0.05) is 44.8 Å². The van der Waals surface area contributed by atoms with Crippen molar-refractivity contribution in [3.05, 3.63) is 65.2 Å². The van der Waals surface area contributed by atoms with E-state index < -0.39 is 10.0 Å². The van der Waals surface area contributed by atoms with E-state index in [2.05, 4.69) is 0 Å². The number of rotatable bonds is 4. The van der Waals surface area contributed by atoms with E-state index in [0.717, 1.165) is 5.56 Å². The molecular formula is C23H27N3O5S. The second-order valence-corrected chi connectivity index (χ2v) is 9.80. The molecule has 2 aliphatic heterocycles. The van der Waals surface area contributed by atoms with Gasteiger partial charge in [0.25, 0.3) is 5.91 Å². The highest BCUT2D eigenvalue weighted by molar-refractivity contribution is 7.89. The number of piperazine rings is 1. The first-order valence-electron chi connectivity index (χ1n) is 10.8. The van der Waals surface area contributed by atoms with Crippen LogP contribution >= 0.6 is 0 Å². The summed E-state index contributed by atoms with van der Waals surface area (Å²) >= 11 is 0. The van der Waals surface area contributed by atoms with Crippen molar-refractivity contribution in [2.75, 3.05) is 39.3 Å². The van der Waals surface area contributed by atoms with Crippen LogP contribution in [0.5, 0.6) is 0 Å². The van der Waals surface area contributed by atoms with Crippen molar-refractivity contribution < 1.29 is 22.7 Å². The predicted octanol–water partition coefficient (Wildman–Crippen LogP) is 2.35. The fraction of sp³-hybridized carbons (Fsp3) is 0.391. The third kappa shape index (κ3) is 4.49. The van der Waals surface area contributed by atoms with Gasteiger partial charge in [-0.2, -0.15) is 4.31 Å². The van der Waals surface area contributed by atoms with Crippen LogP contribution < -0.4 is 0 Å². The van der Waals surface area contributed by atoms with Gasteiger partial charge in [0.1, 0.15) is 0 Å². The molecule has 9 heteroatoms. The molecule has 0 spiro atoms. The molecule has 0 aromatic heterocycles. The van der Waals surface area contributed by atoms with E-state index in [1.807, 2.05) is 24.3 Å². The fourth-order valence-electron chi connectivity index (χ4n) is 4.10. The molecule has 0 aliphatic carbocycles. The molecule has 8 nitrogen and oxygen atoms in total. The molecule has 0 radical (unpaired) electrons. The lowest BCUT2D eigenvalue weighted by molar-refractivity contribution is 0.0570. The van der Waals surface area contributed by atoms with E-state index in [1.54, 1.807) is 28.9 Å². The average Bonchev–Trinajstić information content (AvgIpc) is 2.83. The molecule has 0 saturated carbocycles. The molecular weight excluding hydrogens is 430 g/mol. The molecule has 0 bridgehead atoms. The Kier molecular flexibility index (Phi) is 6.48. The molecule has 0 unspecified atom stereocenters. The van der Waals surface area contributed by atoms with Crippen LogP contribution in [0, 0.1) is 0 Å². The maximum Gasteiger partial charge on any atom is 0.409 e. The number of benzene rings is 2. The van der Waals surface area contributed by atoms with Crippen molar-refractivity contribution in [2.45, 2.75) is 24.8 Å². The highest BCUT2D eigenvalue weighted by Gasteiger charge is 2.30. The van der Waals surface area contributed by atoms with E-state index in [4.69, 9.17) is 4.74 Å². The van der Waals surface area contributed by atoms with Crippen molar-refractivity contribution >= 4 is 22.0 Å². The Hall–Kier alpha value is -2.91. The number of ether oxygens (including phenoxy) is 1. The first-order chi connectivity index (χ1) is 15.4. The van der Waals surface area contributed by atoms with Gasteiger partial charge >= 0.3 is 6.09 Å². The number of hydrogen-bond donors (Lipinski definition) is 0. The van der Waals surface area contributed by atoms with Crippen LogP contribution in [0.15, 0.2) is 53.4 Å². The molecule has 4 rings (SSSR count). The summed E-state index contributed by atoms with van der Waals surface area (Å²) in [6.07, 6.45) is 0.287. The second-order valence-electron chi connectivity index (χ2n) is 7.86. The van der Waals surface area contributed by atoms with Gasteiger partial charge in [-0.1, -0.05) is 30.3 Å². The molecule has 32 heavy (non-hydrogen) atoms. The van der Waals surface area contributed by atoms with Crippen molar-refractivity contribution in [3.8, 4) is 0 Å². The summed E-state index contributed by atoms with van der Waals surface area (Å²) in [4.78, 5) is 28.2. The Balaban J connectivity index is 1.47. The summed E-state index contributed by atoms with van der Waals surface area (Å²) in [5.41, 5.74) is 2.51. The lowest BCUT2D eigenvalue weighted by Gasteiger charge is -2.34. The van der Waals surface area contributed by atoms with E-state index in [9.17, 15) is 18.0 Å². The minimum atomic E-state index is -3.72. The quantitative estimate of drug-likeness (QED) is 0.703. The molecule has 2 amide bonds. The molecule has 170 valence electrons. The lowest BCUT2D eigenvalue weighted by Crippen LogP contribution is -2.50. The van der Waals surface area contributed by atoms with Crippen LogP contribution in [0.4, 0.5) is 4.79 Å². The summed E-state index contributed by atoms with van der Waals surface area (Å²) in [7, 11) is -3.72. The maximum atomic E-state index is 13.3. The molecule has 0 N–H and O–H groups in total. The largest absolute Gasteiger partial charge is 0.450 e. The van der Waals surface area contributed by atoms with Gasteiger partial charge < -0.3 is 14.5 Å². The first-order valence-corrected chi connectivity index (χ1v) is 12.2. The third-order valence-electron chi connectivity index (χ3n) is 5.91. The van der Waals surface area contributed by atoms with Gasteiger partial charge in [0.05, 0.1) is 11.5 Å². The second kappa shape index (κ2) is 9.30. The van der Waals surface area contributed by atoms with Crippen LogP contribution in [0.2, 0.25) is 0 Å². The Morgan fingerprint density at radius 3 is 2.31 bits per heavy atom. The minimum absolute atomic E-state index is 0.118. The number of nitrogens with zero attached hydrogens (tertiary/aromatic N) is 3. The first kappa shape index (κ1) is 22.3. The summed E-state index contributed by atoms with van der Waals surface area (Å²) < 4.78 is 33.0. The molecule has 2 aromatic carbocycles. The van der Waals surface area contributed by atoms with E-state index >= 15 is 0 Å². The molecule has 1 saturated heterocycles. The smallest absolute Gasteiger partial charge is 0.409 e. The molecule has 2 aliphatic rings. The molecule has 2 aromatic rings. The summed E-state index contributed by atoms with van der Waals surface area (Å²) in [5.74, 6) is -0.241. The fourth-order valence-corrected chi connectivity index (χ4v) is 5.57. The summed E-state index contributed by atoms with van der Waals surface area (Å²) in [6, 6.07) is 14.1. The summed E-state index contributed by atoms with van der Waals surface area (Å²) in [6.45, 7) is 4.31. The van der Waals surface area contributed by atoms with Crippen molar-refractivity contribution in [1.82, 2.24) is 14.1 Å². The number of carbonyl (C=O) groups is 2. The monoisotopic (exact) mass is 457 g/mol. The van der Waals surface area contributed by atoms with Crippen LogP contribution in [0.25, 0.3) is 0 Å². The average molecular weight is 458 g/mol. The van der Waals surface area contributed by atoms with Crippen molar-refractivity contribution in [2.24, 2.45) is 0 Å². The zero-order valence-electron chi connectivity index (χ0n) is 18.1. The summed E-state index contributed by atoms with van der Waals surface area (Å²) in [5, 5.41) is 0. The van der Waals surface area contributed by atoms with Gasteiger partial charge in [-0.25, -0.2) is 13.2 Å². The maximum absolute atomic E-state index is 13.3. The zero-order chi connectivity index (χ0) is 22.7.